The van der Waals surface area contributed by atoms with Gasteiger partial charge in [0.25, 0.3) is 11.6 Å². The fourth-order valence-electron chi connectivity index (χ4n) is 6.96. The lowest BCUT2D eigenvalue weighted by atomic mass is 9.89. The summed E-state index contributed by atoms with van der Waals surface area (Å²) < 4.78 is 42.4. The zero-order valence-corrected chi connectivity index (χ0v) is 26.9. The lowest BCUT2D eigenvalue weighted by Gasteiger charge is -2.24. The number of rotatable bonds is 9. The van der Waals surface area contributed by atoms with Crippen LogP contribution in [0.5, 0.6) is 11.8 Å². The van der Waals surface area contributed by atoms with Gasteiger partial charge in [0.15, 0.2) is 12.0 Å². The quantitative estimate of drug-likeness (QED) is 0.171. The smallest absolute Gasteiger partial charge is 0.297 e. The number of terminal acetylenes is 1. The molecule has 1 aliphatic carbocycles. The van der Waals surface area contributed by atoms with Crippen LogP contribution in [0.1, 0.15) is 79.3 Å². The van der Waals surface area contributed by atoms with E-state index in [9.17, 15) is 4.79 Å². The highest BCUT2D eigenvalue weighted by atomic mass is 19.1. The Morgan fingerprint density at radius 1 is 1.02 bits per heavy atom. The summed E-state index contributed by atoms with van der Waals surface area (Å²) in [7, 11) is 0. The molecule has 3 fully saturated rings. The second-order valence-corrected chi connectivity index (χ2v) is 13.0. The van der Waals surface area contributed by atoms with E-state index in [0.717, 1.165) is 72.6 Å². The van der Waals surface area contributed by atoms with E-state index in [1.807, 2.05) is 30.3 Å². The predicted molar refractivity (Wildman–Crippen MR) is 180 cm³/mol. The normalized spacial score (nSPS) is 19.5. The van der Waals surface area contributed by atoms with Gasteiger partial charge in [-0.3, -0.25) is 9.78 Å². The first-order chi connectivity index (χ1) is 23.5. The number of fused-ring (bicyclic) bond motifs is 2. The van der Waals surface area contributed by atoms with E-state index in [4.69, 9.17) is 35.5 Å². The molecule has 0 radical (unpaired) electrons. The molecule has 1 saturated carbocycles. The number of aromatic amines is 1. The van der Waals surface area contributed by atoms with Crippen LogP contribution in [0.25, 0.3) is 32.9 Å². The van der Waals surface area contributed by atoms with Crippen LogP contribution >= 0.6 is 0 Å². The first-order valence-corrected chi connectivity index (χ1v) is 16.8. The minimum absolute atomic E-state index is 0.0617. The van der Waals surface area contributed by atoms with E-state index < -0.39 is 0 Å². The predicted octanol–water partition coefficient (Wildman–Crippen LogP) is 7.08. The molecule has 5 aromatic rings. The van der Waals surface area contributed by atoms with Gasteiger partial charge in [0, 0.05) is 41.4 Å². The highest BCUT2D eigenvalue weighted by Crippen LogP contribution is 2.52. The maximum Gasteiger partial charge on any atom is 0.297 e. The fraction of sp³-hybridized carbons (Fsp3) is 0.395. The molecule has 1 unspecified atom stereocenters. The zero-order chi connectivity index (χ0) is 32.8. The van der Waals surface area contributed by atoms with Crippen LogP contribution in [0.3, 0.4) is 0 Å². The van der Waals surface area contributed by atoms with Gasteiger partial charge < -0.3 is 18.9 Å². The van der Waals surface area contributed by atoms with Gasteiger partial charge in [-0.1, -0.05) is 18.1 Å². The Morgan fingerprint density at radius 2 is 1.85 bits per heavy atom. The summed E-state index contributed by atoms with van der Waals surface area (Å²) in [6.45, 7) is 3.55. The summed E-state index contributed by atoms with van der Waals surface area (Å²) in [4.78, 5) is 21.3. The van der Waals surface area contributed by atoms with Crippen molar-refractivity contribution in [1.82, 2.24) is 19.7 Å². The summed E-state index contributed by atoms with van der Waals surface area (Å²) in [6, 6.07) is 11.1. The number of hydrogen-bond acceptors (Lipinski definition) is 7. The molecule has 2 aromatic heterocycles. The third-order valence-corrected chi connectivity index (χ3v) is 9.69. The van der Waals surface area contributed by atoms with Crippen LogP contribution in [0.2, 0.25) is 0 Å². The van der Waals surface area contributed by atoms with Crippen LogP contribution in [-0.2, 0) is 16.1 Å². The molecule has 0 bridgehead atoms. The van der Waals surface area contributed by atoms with E-state index in [2.05, 4.69) is 10.9 Å². The Balaban J connectivity index is 1.34. The van der Waals surface area contributed by atoms with Crippen LogP contribution in [0.15, 0.2) is 47.4 Å². The standard InChI is InChI=1S/C38H37FN4O5/c1-3-23-9-11-24(12-10-23)20-47-36-34(33-22(2)30(39)18-31-29(33)19-40-43(31)32-8-4-5-15-46-32)27(25-13-14-25)17-28-35(36)41-38(42-37(28)44)48-21-26-7-6-16-45-26/h1,9-12,17-19,25-26,32H,4-8,13-16,20-21H2,2H3,(H,41,42,44)/t26-,32?/m0/s1. The van der Waals surface area contributed by atoms with Crippen molar-refractivity contribution in [3.63, 3.8) is 0 Å². The first-order valence-electron chi connectivity index (χ1n) is 16.8. The summed E-state index contributed by atoms with van der Waals surface area (Å²) in [5.41, 5.74) is 5.11. The number of nitrogens with one attached hydrogen (secondary N) is 1. The van der Waals surface area contributed by atoms with Crippen molar-refractivity contribution < 1.29 is 23.3 Å². The van der Waals surface area contributed by atoms with E-state index in [0.29, 0.717) is 46.5 Å². The minimum atomic E-state index is -0.354. The van der Waals surface area contributed by atoms with Crippen LogP contribution < -0.4 is 15.0 Å². The number of hydrogen-bond donors (Lipinski definition) is 1. The Labute approximate surface area is 277 Å². The minimum Gasteiger partial charge on any atom is -0.486 e. The van der Waals surface area contributed by atoms with Crippen molar-refractivity contribution in [3.8, 4) is 35.2 Å². The topological polar surface area (TPSA) is 100 Å². The van der Waals surface area contributed by atoms with Crippen LogP contribution in [-0.4, -0.2) is 45.7 Å². The maximum absolute atomic E-state index is 16.1. The molecule has 0 spiro atoms. The third kappa shape index (κ3) is 5.71. The van der Waals surface area contributed by atoms with Gasteiger partial charge >= 0.3 is 0 Å². The lowest BCUT2D eigenvalue weighted by molar-refractivity contribution is -0.0366. The molecule has 4 heterocycles. The molecular weight excluding hydrogens is 611 g/mol. The highest BCUT2D eigenvalue weighted by Gasteiger charge is 2.33. The lowest BCUT2D eigenvalue weighted by Crippen LogP contribution is -2.20. The number of H-pyrrole nitrogens is 1. The summed E-state index contributed by atoms with van der Waals surface area (Å²) in [5, 5.41) is 5.91. The average Bonchev–Trinajstić information content (AvgIpc) is 3.66. The fourth-order valence-corrected chi connectivity index (χ4v) is 6.96. The van der Waals surface area contributed by atoms with E-state index in [-0.39, 0.29) is 48.9 Å². The SMILES string of the molecule is C#Cc1ccc(COc2c(-c3c(C)c(F)cc4c3cnn4C3CCCCO3)c(C3CC3)cc3c(=O)[nH]c(OC[C@@H]4CCCO4)nc23)cc1. The molecule has 2 saturated heterocycles. The van der Waals surface area contributed by atoms with Crippen LogP contribution in [0.4, 0.5) is 4.39 Å². The van der Waals surface area contributed by atoms with Crippen molar-refractivity contribution in [2.75, 3.05) is 19.8 Å². The maximum atomic E-state index is 16.1. The number of benzene rings is 3. The van der Waals surface area contributed by atoms with Gasteiger partial charge in [-0.15, -0.1) is 6.42 Å². The van der Waals surface area contributed by atoms with Gasteiger partial charge in [-0.05, 0) is 92.7 Å². The average molecular weight is 649 g/mol. The molecular formula is C38H37FN4O5. The molecule has 8 rings (SSSR count). The van der Waals surface area contributed by atoms with Crippen molar-refractivity contribution in [2.45, 2.75) is 76.7 Å². The Kier molecular flexibility index (Phi) is 8.11. The van der Waals surface area contributed by atoms with Gasteiger partial charge in [0.05, 0.1) is 23.2 Å². The molecule has 9 nitrogen and oxygen atoms in total. The Bertz CT molecular complexity index is 2100. The summed E-state index contributed by atoms with van der Waals surface area (Å²) in [6.07, 6.45) is 13.6. The highest BCUT2D eigenvalue weighted by molar-refractivity contribution is 6.04. The second-order valence-electron chi connectivity index (χ2n) is 13.0. The number of nitrogens with zero attached hydrogens (tertiary/aromatic N) is 3. The second kappa shape index (κ2) is 12.7. The first kappa shape index (κ1) is 30.6. The van der Waals surface area contributed by atoms with Crippen molar-refractivity contribution in [1.29, 1.82) is 0 Å². The molecule has 2 aliphatic heterocycles. The number of aromatic nitrogens is 4. The molecule has 3 aliphatic rings. The molecule has 2 atom stereocenters. The summed E-state index contributed by atoms with van der Waals surface area (Å²) >= 11 is 0. The van der Waals surface area contributed by atoms with Gasteiger partial charge in [0.2, 0.25) is 0 Å². The van der Waals surface area contributed by atoms with Crippen molar-refractivity contribution in [2.24, 2.45) is 0 Å². The molecule has 246 valence electrons. The van der Waals surface area contributed by atoms with Gasteiger partial charge in [-0.25, -0.2) is 9.07 Å². The van der Waals surface area contributed by atoms with E-state index >= 15 is 4.39 Å². The Morgan fingerprint density at radius 3 is 2.58 bits per heavy atom. The van der Waals surface area contributed by atoms with E-state index in [1.165, 1.54) is 0 Å². The van der Waals surface area contributed by atoms with Crippen molar-refractivity contribution >= 4 is 21.8 Å². The summed E-state index contributed by atoms with van der Waals surface area (Å²) in [5.74, 6) is 2.88. The molecule has 3 aromatic carbocycles. The molecule has 1 N–H and O–H groups in total. The molecule has 10 heteroatoms. The van der Waals surface area contributed by atoms with E-state index in [1.54, 1.807) is 23.9 Å². The number of ether oxygens (including phenoxy) is 4. The number of halogens is 1. The Hall–Kier alpha value is -4.72. The van der Waals surface area contributed by atoms with Gasteiger partial charge in [-0.2, -0.15) is 10.1 Å². The third-order valence-electron chi connectivity index (χ3n) is 9.69. The molecule has 0 amide bonds. The van der Waals surface area contributed by atoms with Gasteiger partial charge in [0.1, 0.15) is 24.5 Å². The monoisotopic (exact) mass is 648 g/mol. The largest absolute Gasteiger partial charge is 0.486 e. The van der Waals surface area contributed by atoms with Crippen LogP contribution in [0, 0.1) is 25.1 Å². The molecule has 48 heavy (non-hydrogen) atoms. The van der Waals surface area contributed by atoms with Crippen molar-refractivity contribution in [3.05, 3.63) is 81.0 Å². The zero-order valence-electron chi connectivity index (χ0n) is 26.9.